The normalized spacial score (nSPS) is 36.5. The predicted octanol–water partition coefficient (Wildman–Crippen LogP) is 2.65. The zero-order valence-corrected chi connectivity index (χ0v) is 15.7. The Hall–Kier alpha value is -2.43. The van der Waals surface area contributed by atoms with Crippen molar-refractivity contribution in [1.82, 2.24) is 4.90 Å². The Morgan fingerprint density at radius 3 is 2.07 bits per heavy atom. The maximum Gasteiger partial charge on any atom is 0.334 e. The first-order valence-corrected chi connectivity index (χ1v) is 9.73. The van der Waals surface area contributed by atoms with Gasteiger partial charge in [-0.25, -0.2) is 4.79 Å². The minimum absolute atomic E-state index is 0.160. The van der Waals surface area contributed by atoms with Crippen LogP contribution in [-0.4, -0.2) is 28.7 Å². The second kappa shape index (κ2) is 5.54. The predicted molar refractivity (Wildman–Crippen MR) is 97.6 cm³/mol. The summed E-state index contributed by atoms with van der Waals surface area (Å²) in [5.41, 5.74) is 1.70. The van der Waals surface area contributed by atoms with Crippen LogP contribution < -0.4 is 4.74 Å². The highest BCUT2D eigenvalue weighted by Gasteiger charge is 2.67. The van der Waals surface area contributed by atoms with Crippen LogP contribution in [0.3, 0.4) is 0 Å². The fourth-order valence-electron chi connectivity index (χ4n) is 5.61. The number of amides is 2. The summed E-state index contributed by atoms with van der Waals surface area (Å²) >= 11 is 0. The molecule has 6 rings (SSSR count). The van der Waals surface area contributed by atoms with Gasteiger partial charge in [0.2, 0.25) is 11.8 Å². The smallest absolute Gasteiger partial charge is 0.334 e. The Morgan fingerprint density at radius 2 is 1.56 bits per heavy atom. The SMILES string of the molecule is Cc1cccc(C)c1OC(=O)[C@H](C)N1C(=O)[C@@H]2[C@H]3C=C[C@@H]([C@@H]4C[C@H]34)[C@H]2C1=O. The molecule has 0 unspecified atom stereocenters. The van der Waals surface area contributed by atoms with Gasteiger partial charge in [-0.2, -0.15) is 0 Å². The summed E-state index contributed by atoms with van der Waals surface area (Å²) in [6, 6.07) is 4.73. The molecule has 0 spiro atoms. The molecule has 2 saturated carbocycles. The van der Waals surface area contributed by atoms with Crippen molar-refractivity contribution < 1.29 is 19.1 Å². The first-order valence-electron chi connectivity index (χ1n) is 9.73. The average Bonchev–Trinajstić information content (AvgIpc) is 3.42. The molecule has 140 valence electrons. The number of esters is 1. The van der Waals surface area contributed by atoms with Crippen LogP contribution in [0.4, 0.5) is 0 Å². The summed E-state index contributed by atoms with van der Waals surface area (Å²) in [6.07, 6.45) is 5.39. The third-order valence-electron chi connectivity index (χ3n) is 7.04. The summed E-state index contributed by atoms with van der Waals surface area (Å²) < 4.78 is 5.60. The Labute approximate surface area is 158 Å². The molecule has 1 heterocycles. The van der Waals surface area contributed by atoms with E-state index in [0.29, 0.717) is 17.6 Å². The fourth-order valence-corrected chi connectivity index (χ4v) is 5.61. The zero-order chi connectivity index (χ0) is 19.0. The van der Waals surface area contributed by atoms with Gasteiger partial charge in [0, 0.05) is 0 Å². The van der Waals surface area contributed by atoms with Gasteiger partial charge in [-0.15, -0.1) is 0 Å². The van der Waals surface area contributed by atoms with Crippen LogP contribution in [0.15, 0.2) is 30.4 Å². The summed E-state index contributed by atoms with van der Waals surface area (Å²) in [5, 5.41) is 0. The topological polar surface area (TPSA) is 63.7 Å². The van der Waals surface area contributed by atoms with Gasteiger partial charge >= 0.3 is 5.97 Å². The van der Waals surface area contributed by atoms with Crippen molar-refractivity contribution in [2.24, 2.45) is 35.5 Å². The van der Waals surface area contributed by atoms with E-state index in [4.69, 9.17) is 4.74 Å². The van der Waals surface area contributed by atoms with Crippen LogP contribution >= 0.6 is 0 Å². The molecule has 5 nitrogen and oxygen atoms in total. The number of allylic oxidation sites excluding steroid dienone is 2. The highest BCUT2D eigenvalue weighted by atomic mass is 16.5. The highest BCUT2D eigenvalue weighted by molar-refractivity contribution is 6.08. The largest absolute Gasteiger partial charge is 0.424 e. The van der Waals surface area contributed by atoms with E-state index in [0.717, 1.165) is 17.5 Å². The van der Waals surface area contributed by atoms with Gasteiger partial charge in [0.1, 0.15) is 11.8 Å². The van der Waals surface area contributed by atoms with Gasteiger partial charge in [-0.1, -0.05) is 30.4 Å². The molecule has 1 aromatic carbocycles. The number of ether oxygens (including phenoxy) is 1. The Kier molecular flexibility index (Phi) is 3.43. The lowest BCUT2D eigenvalue weighted by atomic mass is 9.63. The van der Waals surface area contributed by atoms with E-state index in [2.05, 4.69) is 12.2 Å². The van der Waals surface area contributed by atoms with Gasteiger partial charge in [0.25, 0.3) is 0 Å². The molecule has 4 aliphatic carbocycles. The molecule has 27 heavy (non-hydrogen) atoms. The van der Waals surface area contributed by atoms with Crippen molar-refractivity contribution in [1.29, 1.82) is 0 Å². The number of likely N-dealkylation sites (tertiary alicyclic amines) is 1. The van der Waals surface area contributed by atoms with Crippen LogP contribution in [0.5, 0.6) is 5.75 Å². The van der Waals surface area contributed by atoms with Crippen LogP contribution in [0, 0.1) is 49.4 Å². The minimum Gasteiger partial charge on any atom is -0.424 e. The molecular formula is C22H23NO4. The lowest BCUT2D eigenvalue weighted by Gasteiger charge is -2.37. The fraction of sp³-hybridized carbons (Fsp3) is 0.500. The Bertz CT molecular complexity index is 847. The lowest BCUT2D eigenvalue weighted by molar-refractivity contribution is -0.152. The quantitative estimate of drug-likeness (QED) is 0.358. The molecular weight excluding hydrogens is 342 g/mol. The molecule has 1 saturated heterocycles. The first kappa shape index (κ1) is 16.7. The second-order valence-corrected chi connectivity index (χ2v) is 8.52. The summed E-state index contributed by atoms with van der Waals surface area (Å²) in [4.78, 5) is 40.2. The summed E-state index contributed by atoms with van der Waals surface area (Å²) in [5.74, 6) is 0.415. The Morgan fingerprint density at radius 1 is 1.04 bits per heavy atom. The number of para-hydroxylation sites is 1. The van der Waals surface area contributed by atoms with Gasteiger partial charge in [-0.05, 0) is 62.0 Å². The molecule has 2 amide bonds. The number of hydrogen-bond donors (Lipinski definition) is 0. The van der Waals surface area contributed by atoms with Crippen LogP contribution in [0.25, 0.3) is 0 Å². The third kappa shape index (κ3) is 2.20. The van der Waals surface area contributed by atoms with E-state index in [-0.39, 0.29) is 35.5 Å². The summed E-state index contributed by atoms with van der Waals surface area (Å²) in [6.45, 7) is 5.34. The minimum atomic E-state index is -0.912. The molecule has 0 N–H and O–H groups in total. The van der Waals surface area contributed by atoms with Gasteiger partial charge in [-0.3, -0.25) is 14.5 Å². The molecule has 2 bridgehead atoms. The Balaban J connectivity index is 1.40. The van der Waals surface area contributed by atoms with E-state index < -0.39 is 12.0 Å². The van der Waals surface area contributed by atoms with Gasteiger partial charge in [0.15, 0.2) is 0 Å². The standard InChI is InChI=1S/C22H23NO4/c1-10-5-4-6-11(2)19(10)27-22(26)12(3)23-20(24)17-13-7-8-14(16-9-15(13)16)18(17)21(23)25/h4-8,12-18H,9H2,1-3H3/t12-,13-,14-,15-,16+,17+,18+/m0/s1. The van der Waals surface area contributed by atoms with Crippen molar-refractivity contribution >= 4 is 17.8 Å². The number of rotatable bonds is 3. The van der Waals surface area contributed by atoms with Crippen LogP contribution in [-0.2, 0) is 14.4 Å². The van der Waals surface area contributed by atoms with E-state index in [1.165, 1.54) is 4.90 Å². The van der Waals surface area contributed by atoms with E-state index in [9.17, 15) is 14.4 Å². The molecule has 7 atom stereocenters. The van der Waals surface area contributed by atoms with Gasteiger partial charge < -0.3 is 4.74 Å². The maximum absolute atomic E-state index is 13.1. The lowest BCUT2D eigenvalue weighted by Crippen LogP contribution is -2.45. The number of imide groups is 1. The van der Waals surface area contributed by atoms with Crippen molar-refractivity contribution in [3.8, 4) is 5.75 Å². The maximum atomic E-state index is 13.1. The molecule has 0 aromatic heterocycles. The number of carbonyl (C=O) groups excluding carboxylic acids is 3. The van der Waals surface area contributed by atoms with Crippen molar-refractivity contribution in [2.75, 3.05) is 0 Å². The van der Waals surface area contributed by atoms with Crippen molar-refractivity contribution in [3.63, 3.8) is 0 Å². The molecule has 5 heteroatoms. The summed E-state index contributed by atoms with van der Waals surface area (Å²) in [7, 11) is 0. The number of benzene rings is 1. The van der Waals surface area contributed by atoms with Crippen LogP contribution in [0.2, 0.25) is 0 Å². The number of carbonyl (C=O) groups is 3. The monoisotopic (exact) mass is 365 g/mol. The van der Waals surface area contributed by atoms with Crippen molar-refractivity contribution in [3.05, 3.63) is 41.5 Å². The van der Waals surface area contributed by atoms with E-state index in [1.54, 1.807) is 6.92 Å². The number of aryl methyl sites for hydroxylation is 2. The second-order valence-electron chi connectivity index (χ2n) is 8.52. The first-order chi connectivity index (χ1) is 12.9. The molecule has 1 aliphatic heterocycles. The highest BCUT2D eigenvalue weighted by Crippen LogP contribution is 2.65. The van der Waals surface area contributed by atoms with Crippen molar-refractivity contribution in [2.45, 2.75) is 33.2 Å². The molecule has 1 aromatic rings. The van der Waals surface area contributed by atoms with Crippen LogP contribution in [0.1, 0.15) is 24.5 Å². The molecule has 3 fully saturated rings. The third-order valence-corrected chi connectivity index (χ3v) is 7.04. The van der Waals surface area contributed by atoms with E-state index in [1.807, 2.05) is 32.0 Å². The van der Waals surface area contributed by atoms with E-state index >= 15 is 0 Å². The molecule has 5 aliphatic rings. The number of nitrogens with zero attached hydrogens (tertiary/aromatic N) is 1. The van der Waals surface area contributed by atoms with Gasteiger partial charge in [0.05, 0.1) is 11.8 Å². The zero-order valence-electron chi connectivity index (χ0n) is 15.7. The number of hydrogen-bond acceptors (Lipinski definition) is 4. The molecule has 0 radical (unpaired) electrons. The average molecular weight is 365 g/mol.